The van der Waals surface area contributed by atoms with Crippen molar-refractivity contribution in [3.05, 3.63) is 46.7 Å². The highest BCUT2D eigenvalue weighted by Crippen LogP contribution is 2.25. The molecule has 2 amide bonds. The van der Waals surface area contributed by atoms with E-state index in [1.165, 1.54) is 21.9 Å². The zero-order valence-corrected chi connectivity index (χ0v) is 16.5. The van der Waals surface area contributed by atoms with E-state index >= 15 is 0 Å². The molecule has 1 saturated heterocycles. The first-order chi connectivity index (χ1) is 12.8. The highest BCUT2D eigenvalue weighted by molar-refractivity contribution is 7.88. The summed E-state index contributed by atoms with van der Waals surface area (Å²) in [5.41, 5.74) is 1.61. The molecular formula is C18H21N3O4S2. The van der Waals surface area contributed by atoms with Gasteiger partial charge >= 0.3 is 0 Å². The standard InChI is InChI=1S/C18H21N3O4S2/c1-27(24,25)21-9-6-13(7-10-21)17(22)19-15-4-2-3-5-16(15)20-18(23)14-8-11-26-12-14/h2-5,8,11-13H,6-7,9-10H2,1H3,(H,19,22)(H,20,23). The fourth-order valence-electron chi connectivity index (χ4n) is 2.97. The maximum Gasteiger partial charge on any atom is 0.256 e. The molecule has 0 aliphatic carbocycles. The quantitative estimate of drug-likeness (QED) is 0.796. The first-order valence-corrected chi connectivity index (χ1v) is 11.3. The fourth-order valence-corrected chi connectivity index (χ4v) is 4.48. The Hall–Kier alpha value is -2.23. The topological polar surface area (TPSA) is 95.6 Å². The number of para-hydroxylation sites is 2. The minimum Gasteiger partial charge on any atom is -0.324 e. The van der Waals surface area contributed by atoms with Crippen LogP contribution in [0.2, 0.25) is 0 Å². The molecule has 1 aliphatic heterocycles. The van der Waals surface area contributed by atoms with Crippen molar-refractivity contribution in [3.8, 4) is 0 Å². The Bertz CT molecular complexity index is 918. The first kappa shape index (κ1) is 19.5. The second kappa shape index (κ2) is 8.20. The van der Waals surface area contributed by atoms with E-state index in [1.54, 1.807) is 35.7 Å². The molecule has 1 aliphatic rings. The second-order valence-electron chi connectivity index (χ2n) is 6.44. The van der Waals surface area contributed by atoms with Crippen LogP contribution >= 0.6 is 11.3 Å². The van der Waals surface area contributed by atoms with Crippen LogP contribution in [0.1, 0.15) is 23.2 Å². The van der Waals surface area contributed by atoms with Gasteiger partial charge in [-0.2, -0.15) is 11.3 Å². The van der Waals surface area contributed by atoms with Crippen molar-refractivity contribution in [2.24, 2.45) is 5.92 Å². The summed E-state index contributed by atoms with van der Waals surface area (Å²) in [7, 11) is -3.22. The number of nitrogens with zero attached hydrogens (tertiary/aromatic N) is 1. The largest absolute Gasteiger partial charge is 0.324 e. The number of amides is 2. The van der Waals surface area contributed by atoms with E-state index in [9.17, 15) is 18.0 Å². The summed E-state index contributed by atoms with van der Waals surface area (Å²) in [5.74, 6) is -0.663. The first-order valence-electron chi connectivity index (χ1n) is 8.53. The van der Waals surface area contributed by atoms with Gasteiger partial charge in [0.1, 0.15) is 0 Å². The molecule has 2 aromatic rings. The average molecular weight is 408 g/mol. The number of benzene rings is 1. The zero-order valence-electron chi connectivity index (χ0n) is 14.8. The minimum absolute atomic E-state index is 0.166. The van der Waals surface area contributed by atoms with E-state index in [0.717, 1.165) is 0 Å². The van der Waals surface area contributed by atoms with Crippen molar-refractivity contribution in [3.63, 3.8) is 0 Å². The number of sulfonamides is 1. The van der Waals surface area contributed by atoms with Gasteiger partial charge in [0.2, 0.25) is 15.9 Å². The molecule has 1 fully saturated rings. The molecule has 0 unspecified atom stereocenters. The van der Waals surface area contributed by atoms with Gasteiger partial charge in [0, 0.05) is 24.4 Å². The number of hydrogen-bond acceptors (Lipinski definition) is 5. The minimum atomic E-state index is -3.22. The lowest BCUT2D eigenvalue weighted by atomic mass is 9.97. The Morgan fingerprint density at radius 2 is 1.70 bits per heavy atom. The van der Waals surface area contributed by atoms with Gasteiger partial charge in [-0.1, -0.05) is 12.1 Å². The normalized spacial score (nSPS) is 16.0. The third-order valence-electron chi connectivity index (χ3n) is 4.51. The molecule has 2 N–H and O–H groups in total. The van der Waals surface area contributed by atoms with Crippen molar-refractivity contribution in [2.75, 3.05) is 30.0 Å². The number of thiophene rings is 1. The third-order valence-corrected chi connectivity index (χ3v) is 6.50. The van der Waals surface area contributed by atoms with Gasteiger partial charge < -0.3 is 10.6 Å². The van der Waals surface area contributed by atoms with Gasteiger partial charge in [0.05, 0.1) is 23.2 Å². The molecule has 0 radical (unpaired) electrons. The molecule has 0 bridgehead atoms. The summed E-state index contributed by atoms with van der Waals surface area (Å²) in [6.07, 6.45) is 2.13. The smallest absolute Gasteiger partial charge is 0.256 e. The van der Waals surface area contributed by atoms with Gasteiger partial charge in [0.15, 0.2) is 0 Å². The Balaban J connectivity index is 1.64. The second-order valence-corrected chi connectivity index (χ2v) is 9.20. The number of nitrogens with one attached hydrogen (secondary N) is 2. The van der Waals surface area contributed by atoms with Crippen molar-refractivity contribution in [1.29, 1.82) is 0 Å². The Morgan fingerprint density at radius 1 is 1.07 bits per heavy atom. The number of anilines is 2. The molecule has 3 rings (SSSR count). The summed E-state index contributed by atoms with van der Waals surface area (Å²) >= 11 is 1.44. The SMILES string of the molecule is CS(=O)(=O)N1CCC(C(=O)Nc2ccccc2NC(=O)c2ccsc2)CC1. The highest BCUT2D eigenvalue weighted by atomic mass is 32.2. The van der Waals surface area contributed by atoms with E-state index in [-0.39, 0.29) is 17.7 Å². The molecular weight excluding hydrogens is 386 g/mol. The Labute approximate surface area is 162 Å². The fraction of sp³-hybridized carbons (Fsp3) is 0.333. The van der Waals surface area contributed by atoms with Crippen molar-refractivity contribution >= 4 is 44.5 Å². The molecule has 1 aromatic carbocycles. The van der Waals surface area contributed by atoms with Gasteiger partial charge in [-0.15, -0.1) is 0 Å². The lowest BCUT2D eigenvalue weighted by Crippen LogP contribution is -2.40. The maximum absolute atomic E-state index is 12.6. The summed E-state index contributed by atoms with van der Waals surface area (Å²) < 4.78 is 24.6. The highest BCUT2D eigenvalue weighted by Gasteiger charge is 2.29. The molecule has 0 saturated carbocycles. The molecule has 9 heteroatoms. The molecule has 2 heterocycles. The van der Waals surface area contributed by atoms with E-state index in [0.29, 0.717) is 42.9 Å². The van der Waals surface area contributed by atoms with Crippen LogP contribution in [0.5, 0.6) is 0 Å². The summed E-state index contributed by atoms with van der Waals surface area (Å²) in [5, 5.41) is 9.26. The van der Waals surface area contributed by atoms with Gasteiger partial charge in [-0.25, -0.2) is 12.7 Å². The predicted molar refractivity (Wildman–Crippen MR) is 106 cm³/mol. The Morgan fingerprint density at radius 3 is 2.26 bits per heavy atom. The monoisotopic (exact) mass is 407 g/mol. The Kier molecular flexibility index (Phi) is 5.93. The number of hydrogen-bond donors (Lipinski definition) is 2. The van der Waals surface area contributed by atoms with Crippen LogP contribution in [-0.2, 0) is 14.8 Å². The average Bonchev–Trinajstić information content (AvgIpc) is 3.17. The van der Waals surface area contributed by atoms with Crippen molar-refractivity contribution < 1.29 is 18.0 Å². The van der Waals surface area contributed by atoms with Gasteiger partial charge in [-0.3, -0.25) is 9.59 Å². The zero-order chi connectivity index (χ0) is 19.4. The maximum atomic E-state index is 12.6. The summed E-state index contributed by atoms with van der Waals surface area (Å²) in [4.78, 5) is 24.9. The lowest BCUT2D eigenvalue weighted by molar-refractivity contribution is -0.120. The van der Waals surface area contributed by atoms with Crippen LogP contribution in [-0.4, -0.2) is 43.9 Å². The van der Waals surface area contributed by atoms with Crippen LogP contribution in [0.4, 0.5) is 11.4 Å². The lowest BCUT2D eigenvalue weighted by Gasteiger charge is -2.29. The van der Waals surface area contributed by atoms with E-state index in [2.05, 4.69) is 10.6 Å². The van der Waals surface area contributed by atoms with E-state index < -0.39 is 10.0 Å². The molecule has 144 valence electrons. The van der Waals surface area contributed by atoms with Gasteiger partial charge in [-0.05, 0) is 36.4 Å². The van der Waals surface area contributed by atoms with Crippen LogP contribution < -0.4 is 10.6 Å². The van der Waals surface area contributed by atoms with Crippen LogP contribution in [0.3, 0.4) is 0 Å². The molecule has 0 atom stereocenters. The molecule has 0 spiro atoms. The molecule has 1 aromatic heterocycles. The number of carbonyl (C=O) groups is 2. The van der Waals surface area contributed by atoms with Gasteiger partial charge in [0.25, 0.3) is 5.91 Å². The van der Waals surface area contributed by atoms with Crippen LogP contribution in [0, 0.1) is 5.92 Å². The molecule has 7 nitrogen and oxygen atoms in total. The molecule has 27 heavy (non-hydrogen) atoms. The van der Waals surface area contributed by atoms with Crippen LogP contribution in [0.25, 0.3) is 0 Å². The third kappa shape index (κ3) is 4.94. The number of carbonyl (C=O) groups excluding carboxylic acids is 2. The van der Waals surface area contributed by atoms with E-state index in [1.807, 2.05) is 5.38 Å². The van der Waals surface area contributed by atoms with Crippen LogP contribution in [0.15, 0.2) is 41.1 Å². The number of rotatable bonds is 5. The summed E-state index contributed by atoms with van der Waals surface area (Å²) in [6, 6.07) is 8.75. The van der Waals surface area contributed by atoms with Crippen molar-refractivity contribution in [2.45, 2.75) is 12.8 Å². The van der Waals surface area contributed by atoms with Crippen molar-refractivity contribution in [1.82, 2.24) is 4.31 Å². The predicted octanol–water partition coefficient (Wildman–Crippen LogP) is 2.61. The number of piperidine rings is 1. The van der Waals surface area contributed by atoms with E-state index in [4.69, 9.17) is 0 Å². The summed E-state index contributed by atoms with van der Waals surface area (Å²) in [6.45, 7) is 0.681.